The van der Waals surface area contributed by atoms with E-state index in [1.807, 2.05) is 0 Å². The van der Waals surface area contributed by atoms with Gasteiger partial charge in [0.15, 0.2) is 0 Å². The summed E-state index contributed by atoms with van der Waals surface area (Å²) in [5, 5.41) is 0. The molecule has 3 rings (SSSR count). The van der Waals surface area contributed by atoms with Gasteiger partial charge < -0.3 is 0 Å². The zero-order chi connectivity index (χ0) is 16.8. The van der Waals surface area contributed by atoms with Gasteiger partial charge in [0.25, 0.3) is 0 Å². The molecule has 0 saturated heterocycles. The molecule has 0 aliphatic heterocycles. The van der Waals surface area contributed by atoms with E-state index in [2.05, 4.69) is 0 Å². The van der Waals surface area contributed by atoms with Gasteiger partial charge in [0.1, 0.15) is 0 Å². The first-order valence-electron chi connectivity index (χ1n) is 6.73. The van der Waals surface area contributed by atoms with Crippen LogP contribution in [0.1, 0.15) is 27.8 Å². The molecule has 0 amide bonds. The molecule has 0 bridgehead atoms. The fraction of sp³-hybridized carbons (Fsp3) is 0.176. The minimum Gasteiger partial charge on any atom is -0.166 e. The van der Waals surface area contributed by atoms with Crippen molar-refractivity contribution < 1.29 is 26.3 Å². The molecule has 0 fully saturated rings. The SMILES string of the molecule is FC(F)(F)c1cc(C2=Cc3ccccc3C2)cc(C(F)(F)F)c1. The molecule has 0 unspecified atom stereocenters. The Morgan fingerprint density at radius 1 is 0.739 bits per heavy atom. The Kier molecular flexibility index (Phi) is 3.50. The molecule has 0 atom stereocenters. The molecule has 120 valence electrons. The highest BCUT2D eigenvalue weighted by molar-refractivity contribution is 5.88. The number of hydrogen-bond donors (Lipinski definition) is 0. The van der Waals surface area contributed by atoms with E-state index < -0.39 is 23.5 Å². The second-order valence-electron chi connectivity index (χ2n) is 5.34. The predicted molar refractivity (Wildman–Crippen MR) is 74.5 cm³/mol. The van der Waals surface area contributed by atoms with Crippen molar-refractivity contribution in [1.82, 2.24) is 0 Å². The number of allylic oxidation sites excluding steroid dienone is 1. The van der Waals surface area contributed by atoms with E-state index in [9.17, 15) is 26.3 Å². The van der Waals surface area contributed by atoms with Crippen molar-refractivity contribution in [2.45, 2.75) is 18.8 Å². The maximum Gasteiger partial charge on any atom is 0.416 e. The van der Waals surface area contributed by atoms with Gasteiger partial charge in [0, 0.05) is 0 Å². The Morgan fingerprint density at radius 3 is 1.83 bits per heavy atom. The average molecular weight is 328 g/mol. The lowest BCUT2D eigenvalue weighted by Gasteiger charge is -2.14. The van der Waals surface area contributed by atoms with Crippen molar-refractivity contribution >= 4 is 11.6 Å². The van der Waals surface area contributed by atoms with Crippen LogP contribution in [0.15, 0.2) is 42.5 Å². The zero-order valence-electron chi connectivity index (χ0n) is 11.6. The molecule has 0 nitrogen and oxygen atoms in total. The van der Waals surface area contributed by atoms with E-state index in [4.69, 9.17) is 0 Å². The number of halogens is 6. The molecular formula is C17H10F6. The van der Waals surface area contributed by atoms with E-state index in [1.165, 1.54) is 0 Å². The summed E-state index contributed by atoms with van der Waals surface area (Å²) in [6, 6.07) is 8.82. The van der Waals surface area contributed by atoms with Crippen LogP contribution in [0.4, 0.5) is 26.3 Å². The molecule has 0 N–H and O–H groups in total. The van der Waals surface area contributed by atoms with E-state index in [0.29, 0.717) is 12.0 Å². The molecule has 2 aromatic rings. The first-order chi connectivity index (χ1) is 10.6. The van der Waals surface area contributed by atoms with E-state index in [1.54, 1.807) is 30.3 Å². The highest BCUT2D eigenvalue weighted by Gasteiger charge is 2.37. The van der Waals surface area contributed by atoms with Crippen molar-refractivity contribution in [3.63, 3.8) is 0 Å². The summed E-state index contributed by atoms with van der Waals surface area (Å²) in [6.45, 7) is 0. The monoisotopic (exact) mass is 328 g/mol. The molecule has 23 heavy (non-hydrogen) atoms. The van der Waals surface area contributed by atoms with Crippen LogP contribution in [0.3, 0.4) is 0 Å². The van der Waals surface area contributed by atoms with Gasteiger partial charge in [-0.15, -0.1) is 0 Å². The third kappa shape index (κ3) is 3.11. The second-order valence-corrected chi connectivity index (χ2v) is 5.34. The van der Waals surface area contributed by atoms with Crippen LogP contribution in [0.2, 0.25) is 0 Å². The van der Waals surface area contributed by atoms with Gasteiger partial charge in [-0.2, -0.15) is 26.3 Å². The molecule has 2 aromatic carbocycles. The molecule has 1 aliphatic rings. The van der Waals surface area contributed by atoms with Gasteiger partial charge in [0.2, 0.25) is 0 Å². The topological polar surface area (TPSA) is 0 Å². The van der Waals surface area contributed by atoms with E-state index >= 15 is 0 Å². The third-order valence-corrected chi connectivity index (χ3v) is 3.72. The summed E-state index contributed by atoms with van der Waals surface area (Å²) in [5.74, 6) is 0. The minimum absolute atomic E-state index is 0.0525. The molecule has 0 saturated carbocycles. The summed E-state index contributed by atoms with van der Waals surface area (Å²) in [6.07, 6.45) is -7.72. The van der Waals surface area contributed by atoms with Crippen molar-refractivity contribution in [2.24, 2.45) is 0 Å². The fourth-order valence-corrected chi connectivity index (χ4v) is 2.61. The first-order valence-corrected chi connectivity index (χ1v) is 6.73. The van der Waals surface area contributed by atoms with Crippen LogP contribution in [0.25, 0.3) is 11.6 Å². The number of rotatable bonds is 1. The molecule has 1 aliphatic carbocycles. The molecule has 0 radical (unpaired) electrons. The summed E-state index contributed by atoms with van der Waals surface area (Å²) in [4.78, 5) is 0. The van der Waals surface area contributed by atoms with Gasteiger partial charge in [-0.3, -0.25) is 0 Å². The Morgan fingerprint density at radius 2 is 1.30 bits per heavy atom. The molecule has 0 spiro atoms. The Labute approximate surface area is 128 Å². The predicted octanol–water partition coefficient (Wildman–Crippen LogP) is 5.82. The van der Waals surface area contributed by atoms with Gasteiger partial charge >= 0.3 is 12.4 Å². The van der Waals surface area contributed by atoms with Crippen LogP contribution >= 0.6 is 0 Å². The van der Waals surface area contributed by atoms with Crippen molar-refractivity contribution in [1.29, 1.82) is 0 Å². The highest BCUT2D eigenvalue weighted by Crippen LogP contribution is 2.39. The van der Waals surface area contributed by atoms with Crippen LogP contribution < -0.4 is 0 Å². The Hall–Kier alpha value is -2.24. The van der Waals surface area contributed by atoms with Gasteiger partial charge in [0.05, 0.1) is 11.1 Å². The quantitative estimate of drug-likeness (QED) is 0.579. The standard InChI is InChI=1S/C17H10F6/c18-16(19,20)14-7-13(8-15(9-14)17(21,22)23)12-5-10-3-1-2-4-11(10)6-12/h1-5,7-9H,6H2. The number of fused-ring (bicyclic) bond motifs is 1. The fourth-order valence-electron chi connectivity index (χ4n) is 2.61. The number of hydrogen-bond acceptors (Lipinski definition) is 0. The maximum atomic E-state index is 12.9. The lowest BCUT2D eigenvalue weighted by atomic mass is 9.98. The van der Waals surface area contributed by atoms with Gasteiger partial charge in [-0.05, 0) is 46.9 Å². The maximum absolute atomic E-state index is 12.9. The lowest BCUT2D eigenvalue weighted by molar-refractivity contribution is -0.143. The molecule has 0 aromatic heterocycles. The zero-order valence-corrected chi connectivity index (χ0v) is 11.6. The van der Waals surface area contributed by atoms with Crippen molar-refractivity contribution in [3.8, 4) is 0 Å². The summed E-state index contributed by atoms with van der Waals surface area (Å²) in [7, 11) is 0. The van der Waals surface area contributed by atoms with Crippen molar-refractivity contribution in [2.75, 3.05) is 0 Å². The third-order valence-electron chi connectivity index (χ3n) is 3.72. The summed E-state index contributed by atoms with van der Waals surface area (Å²) in [5.41, 5.74) is -0.494. The first kappa shape index (κ1) is 15.6. The van der Waals surface area contributed by atoms with Gasteiger partial charge in [-0.25, -0.2) is 0 Å². The van der Waals surface area contributed by atoms with Crippen LogP contribution in [0, 0.1) is 0 Å². The van der Waals surface area contributed by atoms with Gasteiger partial charge in [-0.1, -0.05) is 30.3 Å². The number of alkyl halides is 6. The normalized spacial score (nSPS) is 14.6. The summed E-state index contributed by atoms with van der Waals surface area (Å²) >= 11 is 0. The van der Waals surface area contributed by atoms with Crippen LogP contribution in [-0.4, -0.2) is 0 Å². The smallest absolute Gasteiger partial charge is 0.166 e. The van der Waals surface area contributed by atoms with Crippen LogP contribution in [-0.2, 0) is 18.8 Å². The van der Waals surface area contributed by atoms with E-state index in [0.717, 1.165) is 23.3 Å². The van der Waals surface area contributed by atoms with Crippen LogP contribution in [0.5, 0.6) is 0 Å². The largest absolute Gasteiger partial charge is 0.416 e. The Balaban J connectivity index is 2.10. The molecular weight excluding hydrogens is 318 g/mol. The number of benzene rings is 2. The second kappa shape index (κ2) is 5.15. The highest BCUT2D eigenvalue weighted by atomic mass is 19.4. The molecule has 0 heterocycles. The molecule has 6 heteroatoms. The Bertz CT molecular complexity index is 748. The summed E-state index contributed by atoms with van der Waals surface area (Å²) < 4.78 is 77.4. The van der Waals surface area contributed by atoms with Crippen molar-refractivity contribution in [3.05, 3.63) is 70.3 Å². The lowest BCUT2D eigenvalue weighted by Crippen LogP contribution is -2.11. The average Bonchev–Trinajstić information content (AvgIpc) is 2.89. The van der Waals surface area contributed by atoms with E-state index in [-0.39, 0.29) is 11.6 Å². The minimum atomic E-state index is -4.83.